The SMILES string of the molecule is CCOc1cc(Cl)ccc1NC(=O)NCC(C)CC(C)O. The number of nitrogens with one attached hydrogen (secondary N) is 2. The highest BCUT2D eigenvalue weighted by Crippen LogP contribution is 2.28. The van der Waals surface area contributed by atoms with Crippen LogP contribution in [0.2, 0.25) is 5.02 Å². The fraction of sp³-hybridized carbons (Fsp3) is 0.533. The number of ether oxygens (including phenoxy) is 1. The Morgan fingerprint density at radius 1 is 1.43 bits per heavy atom. The Kier molecular flexibility index (Phi) is 7.32. The maximum atomic E-state index is 11.9. The number of amides is 2. The highest BCUT2D eigenvalue weighted by atomic mass is 35.5. The van der Waals surface area contributed by atoms with Crippen LogP contribution in [0.25, 0.3) is 0 Å². The first-order valence-corrected chi connectivity index (χ1v) is 7.45. The van der Waals surface area contributed by atoms with E-state index in [0.717, 1.165) is 0 Å². The van der Waals surface area contributed by atoms with E-state index in [2.05, 4.69) is 10.6 Å². The molecule has 1 aromatic carbocycles. The van der Waals surface area contributed by atoms with E-state index in [-0.39, 0.29) is 18.1 Å². The summed E-state index contributed by atoms with van der Waals surface area (Å²) in [4.78, 5) is 11.9. The molecule has 3 N–H and O–H groups in total. The quantitative estimate of drug-likeness (QED) is 0.723. The molecule has 2 unspecified atom stereocenters. The fourth-order valence-electron chi connectivity index (χ4n) is 1.97. The van der Waals surface area contributed by atoms with Gasteiger partial charge in [0.25, 0.3) is 0 Å². The first kappa shape index (κ1) is 17.6. The zero-order chi connectivity index (χ0) is 15.8. The Hall–Kier alpha value is -1.46. The topological polar surface area (TPSA) is 70.6 Å². The summed E-state index contributed by atoms with van der Waals surface area (Å²) in [5, 5.41) is 15.3. The summed E-state index contributed by atoms with van der Waals surface area (Å²) in [6, 6.07) is 4.74. The molecule has 0 aromatic heterocycles. The number of anilines is 1. The fourth-order valence-corrected chi connectivity index (χ4v) is 2.14. The summed E-state index contributed by atoms with van der Waals surface area (Å²) in [6.07, 6.45) is 0.275. The molecule has 0 heterocycles. The minimum absolute atomic E-state index is 0.201. The molecule has 0 aliphatic carbocycles. The van der Waals surface area contributed by atoms with E-state index in [1.165, 1.54) is 0 Å². The van der Waals surface area contributed by atoms with Gasteiger partial charge in [0.15, 0.2) is 0 Å². The maximum absolute atomic E-state index is 11.9. The van der Waals surface area contributed by atoms with Gasteiger partial charge < -0.3 is 20.5 Å². The van der Waals surface area contributed by atoms with E-state index < -0.39 is 0 Å². The Bertz CT molecular complexity index is 466. The maximum Gasteiger partial charge on any atom is 0.319 e. The van der Waals surface area contributed by atoms with Crippen molar-refractivity contribution in [1.82, 2.24) is 5.32 Å². The van der Waals surface area contributed by atoms with Gasteiger partial charge in [0.1, 0.15) is 5.75 Å². The average Bonchev–Trinajstić information content (AvgIpc) is 2.39. The number of hydrogen-bond acceptors (Lipinski definition) is 3. The van der Waals surface area contributed by atoms with Crippen molar-refractivity contribution in [3.05, 3.63) is 23.2 Å². The lowest BCUT2D eigenvalue weighted by Gasteiger charge is -2.16. The lowest BCUT2D eigenvalue weighted by molar-refractivity contribution is 0.163. The number of aliphatic hydroxyl groups is 1. The first-order chi connectivity index (χ1) is 9.92. The van der Waals surface area contributed by atoms with Gasteiger partial charge in [0.05, 0.1) is 18.4 Å². The Morgan fingerprint density at radius 2 is 2.14 bits per heavy atom. The molecule has 0 saturated heterocycles. The largest absolute Gasteiger partial charge is 0.492 e. The molecule has 5 nitrogen and oxygen atoms in total. The standard InChI is InChI=1S/C15H23ClN2O3/c1-4-21-14-8-12(16)5-6-13(14)18-15(20)17-9-10(2)7-11(3)19/h5-6,8,10-11,19H,4,7,9H2,1-3H3,(H2,17,18,20). The van der Waals surface area contributed by atoms with Crippen LogP contribution in [0, 0.1) is 5.92 Å². The normalized spacial score (nSPS) is 13.4. The van der Waals surface area contributed by atoms with E-state index in [4.69, 9.17) is 16.3 Å². The number of halogens is 1. The zero-order valence-electron chi connectivity index (χ0n) is 12.6. The minimum Gasteiger partial charge on any atom is -0.492 e. The molecule has 1 rings (SSSR count). The summed E-state index contributed by atoms with van der Waals surface area (Å²) in [6.45, 7) is 6.55. The molecule has 118 valence electrons. The van der Waals surface area contributed by atoms with Crippen LogP contribution in [0.3, 0.4) is 0 Å². The lowest BCUT2D eigenvalue weighted by Crippen LogP contribution is -2.33. The lowest BCUT2D eigenvalue weighted by atomic mass is 10.1. The van der Waals surface area contributed by atoms with Crippen molar-refractivity contribution in [2.24, 2.45) is 5.92 Å². The molecule has 2 amide bonds. The molecule has 1 aromatic rings. The van der Waals surface area contributed by atoms with E-state index in [1.807, 2.05) is 13.8 Å². The van der Waals surface area contributed by atoms with E-state index in [1.54, 1.807) is 25.1 Å². The van der Waals surface area contributed by atoms with Gasteiger partial charge in [-0.25, -0.2) is 4.79 Å². The third-order valence-electron chi connectivity index (χ3n) is 2.85. The second-order valence-corrected chi connectivity index (χ2v) is 5.53. The molecule has 0 radical (unpaired) electrons. The molecule has 0 fully saturated rings. The number of hydrogen-bond donors (Lipinski definition) is 3. The van der Waals surface area contributed by atoms with Gasteiger partial charge in [0.2, 0.25) is 0 Å². The van der Waals surface area contributed by atoms with Crippen LogP contribution >= 0.6 is 11.6 Å². The van der Waals surface area contributed by atoms with Gasteiger partial charge in [-0.05, 0) is 38.3 Å². The molecule has 0 aliphatic rings. The summed E-state index contributed by atoms with van der Waals surface area (Å²) >= 11 is 5.91. The van der Waals surface area contributed by atoms with Crippen LogP contribution in [0.5, 0.6) is 5.75 Å². The molecule has 6 heteroatoms. The number of benzene rings is 1. The monoisotopic (exact) mass is 314 g/mol. The first-order valence-electron chi connectivity index (χ1n) is 7.07. The Morgan fingerprint density at radius 3 is 2.76 bits per heavy atom. The van der Waals surface area contributed by atoms with Crippen molar-refractivity contribution in [3.63, 3.8) is 0 Å². The molecule has 2 atom stereocenters. The van der Waals surface area contributed by atoms with E-state index in [0.29, 0.717) is 36.0 Å². The summed E-state index contributed by atoms with van der Waals surface area (Å²) in [5.41, 5.74) is 0.571. The Balaban J connectivity index is 2.54. The number of carbonyl (C=O) groups is 1. The average molecular weight is 315 g/mol. The third kappa shape index (κ3) is 6.69. The van der Waals surface area contributed by atoms with Gasteiger partial charge in [0, 0.05) is 17.6 Å². The summed E-state index contributed by atoms with van der Waals surface area (Å²) in [5.74, 6) is 0.740. The van der Waals surface area contributed by atoms with Crippen molar-refractivity contribution in [2.45, 2.75) is 33.3 Å². The van der Waals surface area contributed by atoms with Crippen LogP contribution in [0.4, 0.5) is 10.5 Å². The predicted molar refractivity (Wildman–Crippen MR) is 85.1 cm³/mol. The number of urea groups is 1. The van der Waals surface area contributed by atoms with Crippen molar-refractivity contribution in [3.8, 4) is 5.75 Å². The van der Waals surface area contributed by atoms with Crippen molar-refractivity contribution in [2.75, 3.05) is 18.5 Å². The van der Waals surface area contributed by atoms with Crippen LogP contribution in [-0.2, 0) is 0 Å². The van der Waals surface area contributed by atoms with Crippen LogP contribution < -0.4 is 15.4 Å². The van der Waals surface area contributed by atoms with Crippen molar-refractivity contribution < 1.29 is 14.6 Å². The van der Waals surface area contributed by atoms with Gasteiger partial charge in [-0.1, -0.05) is 18.5 Å². The van der Waals surface area contributed by atoms with Gasteiger partial charge in [-0.15, -0.1) is 0 Å². The molecule has 0 aliphatic heterocycles. The number of rotatable bonds is 7. The number of carbonyl (C=O) groups excluding carboxylic acids is 1. The van der Waals surface area contributed by atoms with Crippen LogP contribution in [0.15, 0.2) is 18.2 Å². The van der Waals surface area contributed by atoms with Crippen molar-refractivity contribution in [1.29, 1.82) is 0 Å². The predicted octanol–water partition coefficient (Wildman–Crippen LogP) is 3.27. The third-order valence-corrected chi connectivity index (χ3v) is 3.08. The van der Waals surface area contributed by atoms with E-state index >= 15 is 0 Å². The summed E-state index contributed by atoms with van der Waals surface area (Å²) in [7, 11) is 0. The second kappa shape index (κ2) is 8.74. The molecule has 0 saturated carbocycles. The van der Waals surface area contributed by atoms with Gasteiger partial charge in [-0.2, -0.15) is 0 Å². The molecular formula is C15H23ClN2O3. The molecular weight excluding hydrogens is 292 g/mol. The van der Waals surface area contributed by atoms with Gasteiger partial charge in [-0.3, -0.25) is 0 Å². The van der Waals surface area contributed by atoms with Gasteiger partial charge >= 0.3 is 6.03 Å². The Labute approximate surface area is 130 Å². The summed E-state index contributed by atoms with van der Waals surface area (Å²) < 4.78 is 5.44. The van der Waals surface area contributed by atoms with E-state index in [9.17, 15) is 9.90 Å². The molecule has 0 bridgehead atoms. The highest BCUT2D eigenvalue weighted by Gasteiger charge is 2.11. The molecule has 21 heavy (non-hydrogen) atoms. The molecule has 0 spiro atoms. The number of aliphatic hydroxyl groups excluding tert-OH is 1. The van der Waals surface area contributed by atoms with Crippen LogP contribution in [-0.4, -0.2) is 30.4 Å². The van der Waals surface area contributed by atoms with Crippen LogP contribution in [0.1, 0.15) is 27.2 Å². The highest BCUT2D eigenvalue weighted by molar-refractivity contribution is 6.30. The second-order valence-electron chi connectivity index (χ2n) is 5.10. The smallest absolute Gasteiger partial charge is 0.319 e. The zero-order valence-corrected chi connectivity index (χ0v) is 13.4. The minimum atomic E-state index is -0.370. The van der Waals surface area contributed by atoms with Crippen molar-refractivity contribution >= 4 is 23.3 Å².